The van der Waals surface area contributed by atoms with Gasteiger partial charge in [-0.15, -0.1) is 0 Å². The fourth-order valence-electron chi connectivity index (χ4n) is 5.94. The third-order valence-corrected chi connectivity index (χ3v) is 7.23. The molecule has 7 nitrogen and oxygen atoms in total. The van der Waals surface area contributed by atoms with E-state index in [1.807, 2.05) is 45.0 Å². The maximum absolute atomic E-state index is 12.4. The van der Waals surface area contributed by atoms with Gasteiger partial charge in [-0.3, -0.25) is 4.90 Å². The number of nitrogens with one attached hydrogen (secondary N) is 1. The van der Waals surface area contributed by atoms with E-state index in [4.69, 9.17) is 9.47 Å². The molecule has 1 aliphatic carbocycles. The number of hydrogen-bond acceptors (Lipinski definition) is 6. The Labute approximate surface area is 184 Å². The second kappa shape index (κ2) is 8.26. The molecule has 4 rings (SSSR count). The van der Waals surface area contributed by atoms with Crippen LogP contribution >= 0.6 is 0 Å². The van der Waals surface area contributed by atoms with E-state index >= 15 is 0 Å². The average molecular weight is 433 g/mol. The molecule has 2 heterocycles. The number of methoxy groups -OCH3 is 1. The smallest absolute Gasteiger partial charge is 0.407 e. The van der Waals surface area contributed by atoms with Crippen molar-refractivity contribution in [2.24, 2.45) is 5.92 Å². The molecule has 0 aromatic heterocycles. The lowest BCUT2D eigenvalue weighted by atomic mass is 9.65. The predicted molar refractivity (Wildman–Crippen MR) is 117 cm³/mol. The normalized spacial score (nSPS) is 35.4. The summed E-state index contributed by atoms with van der Waals surface area (Å²) in [5.41, 5.74) is 0.485. The molecule has 3 aliphatic rings. The van der Waals surface area contributed by atoms with Crippen molar-refractivity contribution in [1.29, 1.82) is 0 Å². The number of carbonyl (C=O) groups is 1. The molecule has 3 fully saturated rings. The second-order valence-electron chi connectivity index (χ2n) is 10.5. The van der Waals surface area contributed by atoms with Crippen LogP contribution in [0.3, 0.4) is 0 Å². The zero-order valence-corrected chi connectivity index (χ0v) is 19.0. The minimum absolute atomic E-state index is 0.0330. The first-order valence-corrected chi connectivity index (χ1v) is 11.4. The van der Waals surface area contributed by atoms with Crippen molar-refractivity contribution in [3.05, 3.63) is 29.8 Å². The third kappa shape index (κ3) is 4.54. The molecule has 31 heavy (non-hydrogen) atoms. The topological polar surface area (TPSA) is 91.3 Å². The number of nitrogens with zero attached hydrogens (tertiary/aromatic N) is 1. The maximum Gasteiger partial charge on any atom is 0.407 e. The highest BCUT2D eigenvalue weighted by Gasteiger charge is 2.59. The first-order valence-electron chi connectivity index (χ1n) is 11.4. The molecule has 3 N–H and O–H groups in total. The average Bonchev–Trinajstić information content (AvgIpc) is 3.04. The Bertz CT molecular complexity index is 792. The van der Waals surface area contributed by atoms with Crippen LogP contribution in [0.15, 0.2) is 24.3 Å². The van der Waals surface area contributed by atoms with Crippen molar-refractivity contribution in [1.82, 2.24) is 10.2 Å². The number of piperidine rings is 1. The van der Waals surface area contributed by atoms with Gasteiger partial charge < -0.3 is 25.0 Å². The van der Waals surface area contributed by atoms with Gasteiger partial charge in [0.25, 0.3) is 0 Å². The minimum atomic E-state index is -0.606. The summed E-state index contributed by atoms with van der Waals surface area (Å²) in [4.78, 5) is 14.8. The first-order chi connectivity index (χ1) is 14.6. The van der Waals surface area contributed by atoms with Gasteiger partial charge in [-0.05, 0) is 70.6 Å². The predicted octanol–water partition coefficient (Wildman–Crippen LogP) is 2.48. The quantitative estimate of drug-likeness (QED) is 0.677. The summed E-state index contributed by atoms with van der Waals surface area (Å²) in [5.74, 6) is 0.674. The van der Waals surface area contributed by atoms with Gasteiger partial charge in [0.05, 0.1) is 19.3 Å². The third-order valence-electron chi connectivity index (χ3n) is 7.23. The van der Waals surface area contributed by atoms with Crippen LogP contribution in [0, 0.1) is 5.92 Å². The zero-order chi connectivity index (χ0) is 22.4. The first kappa shape index (κ1) is 22.4. The summed E-state index contributed by atoms with van der Waals surface area (Å²) in [5, 5.41) is 24.9. The van der Waals surface area contributed by atoms with Crippen LogP contribution in [0.4, 0.5) is 4.79 Å². The Balaban J connectivity index is 1.54. The maximum atomic E-state index is 12.4. The number of carbonyl (C=O) groups excluding carboxylic acids is 1. The lowest BCUT2D eigenvalue weighted by Crippen LogP contribution is -2.66. The van der Waals surface area contributed by atoms with E-state index in [9.17, 15) is 15.0 Å². The van der Waals surface area contributed by atoms with E-state index in [0.717, 1.165) is 30.6 Å². The fourth-order valence-corrected chi connectivity index (χ4v) is 5.94. The number of aliphatic hydroxyl groups is 2. The van der Waals surface area contributed by atoms with Crippen LogP contribution in [0.2, 0.25) is 0 Å². The lowest BCUT2D eigenvalue weighted by Gasteiger charge is -2.56. The molecule has 0 radical (unpaired) electrons. The SMILES string of the molecule is COc1ccc(CC2C(O)C3CC4(CCC3O)C[C@H](NC(=O)OC(C)(C)C)CN24)cc1. The Kier molecular flexibility index (Phi) is 5.96. The molecule has 1 amide bonds. The molecule has 2 saturated heterocycles. The van der Waals surface area contributed by atoms with Gasteiger partial charge in [0, 0.05) is 30.1 Å². The molecule has 5 unspecified atom stereocenters. The molecular formula is C24H36N2O5. The number of fused-ring (bicyclic) bond motifs is 1. The summed E-state index contributed by atoms with van der Waals surface area (Å²) < 4.78 is 10.7. The van der Waals surface area contributed by atoms with E-state index < -0.39 is 23.9 Å². The van der Waals surface area contributed by atoms with Crippen molar-refractivity contribution in [2.45, 2.75) is 88.3 Å². The summed E-state index contributed by atoms with van der Waals surface area (Å²) >= 11 is 0. The number of rotatable bonds is 4. The number of benzene rings is 1. The molecule has 172 valence electrons. The molecule has 1 saturated carbocycles. The van der Waals surface area contributed by atoms with E-state index in [2.05, 4.69) is 10.2 Å². The molecule has 1 aromatic carbocycles. The van der Waals surface area contributed by atoms with E-state index in [1.165, 1.54) is 0 Å². The molecule has 7 heteroatoms. The molecule has 1 aromatic rings. The molecule has 1 spiro atoms. The van der Waals surface area contributed by atoms with Crippen LogP contribution in [0.5, 0.6) is 5.75 Å². The lowest BCUT2D eigenvalue weighted by molar-refractivity contribution is -0.146. The Hall–Kier alpha value is -1.83. The largest absolute Gasteiger partial charge is 0.497 e. The van der Waals surface area contributed by atoms with Crippen molar-refractivity contribution in [2.75, 3.05) is 13.7 Å². The summed E-state index contributed by atoms with van der Waals surface area (Å²) in [6.45, 7) is 6.26. The summed E-state index contributed by atoms with van der Waals surface area (Å²) in [7, 11) is 1.65. The number of hydrogen-bond donors (Lipinski definition) is 3. The Morgan fingerprint density at radius 3 is 2.58 bits per heavy atom. The Morgan fingerprint density at radius 1 is 1.23 bits per heavy atom. The zero-order valence-electron chi connectivity index (χ0n) is 19.0. The van der Waals surface area contributed by atoms with Crippen molar-refractivity contribution < 1.29 is 24.5 Å². The Morgan fingerprint density at radius 2 is 1.94 bits per heavy atom. The monoisotopic (exact) mass is 432 g/mol. The van der Waals surface area contributed by atoms with Gasteiger partial charge in [0.2, 0.25) is 0 Å². The van der Waals surface area contributed by atoms with Gasteiger partial charge in [0.15, 0.2) is 0 Å². The minimum Gasteiger partial charge on any atom is -0.497 e. The highest BCUT2D eigenvalue weighted by atomic mass is 16.6. The standard InChI is InChI=1S/C24H36N2O5/c1-23(2,3)31-22(29)25-16-12-24-10-9-20(27)18(13-24)21(28)19(26(24)14-16)11-15-5-7-17(30-4)8-6-15/h5-8,16,18-21,27-28H,9-14H2,1-4H3,(H,25,29)/t16-,18?,19?,20?,21?,24?/m0/s1. The second-order valence-corrected chi connectivity index (χ2v) is 10.5. The van der Waals surface area contributed by atoms with Gasteiger partial charge in [0.1, 0.15) is 11.4 Å². The van der Waals surface area contributed by atoms with Crippen molar-refractivity contribution in [3.8, 4) is 5.75 Å². The van der Waals surface area contributed by atoms with Crippen molar-refractivity contribution in [3.63, 3.8) is 0 Å². The van der Waals surface area contributed by atoms with E-state index in [-0.39, 0.29) is 23.5 Å². The van der Waals surface area contributed by atoms with Crippen LogP contribution in [0.25, 0.3) is 0 Å². The number of aliphatic hydroxyl groups excluding tert-OH is 2. The van der Waals surface area contributed by atoms with Crippen LogP contribution in [-0.4, -0.2) is 70.3 Å². The number of alkyl carbamates (subject to hydrolysis) is 1. The summed E-state index contributed by atoms with van der Waals surface area (Å²) in [6.07, 6.45) is 2.37. The van der Waals surface area contributed by atoms with Crippen LogP contribution < -0.4 is 10.1 Å². The van der Waals surface area contributed by atoms with Gasteiger partial charge in [-0.2, -0.15) is 0 Å². The highest BCUT2D eigenvalue weighted by Crippen LogP contribution is 2.51. The molecule has 2 aliphatic heterocycles. The van der Waals surface area contributed by atoms with Crippen molar-refractivity contribution >= 4 is 6.09 Å². The number of amides is 1. The molecular weight excluding hydrogens is 396 g/mol. The van der Waals surface area contributed by atoms with Gasteiger partial charge in [-0.1, -0.05) is 12.1 Å². The van der Waals surface area contributed by atoms with Gasteiger partial charge in [-0.25, -0.2) is 4.79 Å². The van der Waals surface area contributed by atoms with Crippen LogP contribution in [-0.2, 0) is 11.2 Å². The van der Waals surface area contributed by atoms with Crippen LogP contribution in [0.1, 0.15) is 52.0 Å². The number of ether oxygens (including phenoxy) is 2. The fraction of sp³-hybridized carbons (Fsp3) is 0.708. The summed E-state index contributed by atoms with van der Waals surface area (Å²) in [6, 6.07) is 7.80. The molecule has 2 bridgehead atoms. The van der Waals surface area contributed by atoms with E-state index in [1.54, 1.807) is 7.11 Å². The van der Waals surface area contributed by atoms with E-state index in [0.29, 0.717) is 19.4 Å². The molecule has 6 atom stereocenters. The highest BCUT2D eigenvalue weighted by molar-refractivity contribution is 5.68. The van der Waals surface area contributed by atoms with Gasteiger partial charge >= 0.3 is 6.09 Å².